The Bertz CT molecular complexity index is 1070. The summed E-state index contributed by atoms with van der Waals surface area (Å²) in [4.78, 5) is 11.6. The van der Waals surface area contributed by atoms with Gasteiger partial charge in [0.15, 0.2) is 0 Å². The minimum absolute atomic E-state index is 0.135. The van der Waals surface area contributed by atoms with Gasteiger partial charge in [-0.25, -0.2) is 0 Å². The molecule has 1 aliphatic rings. The maximum absolute atomic E-state index is 12.5. The highest BCUT2D eigenvalue weighted by atomic mass is 19.4. The first-order valence-electron chi connectivity index (χ1n) is 9.93. The minimum atomic E-state index is -4.22. The second-order valence-electron chi connectivity index (χ2n) is 7.93. The summed E-state index contributed by atoms with van der Waals surface area (Å²) in [6.45, 7) is 1.73. The number of carbonyl (C=O) groups is 1. The molecule has 0 amide bonds. The first-order valence-corrected chi connectivity index (χ1v) is 9.93. The molecule has 0 unspecified atom stereocenters. The molecular formula is C21H23F3N4O2. The van der Waals surface area contributed by atoms with Crippen LogP contribution >= 0.6 is 0 Å². The molecule has 160 valence electrons. The summed E-state index contributed by atoms with van der Waals surface area (Å²) in [5.74, 6) is 1.09. The Kier molecular flexibility index (Phi) is 5.29. The number of hydrogen-bond donors (Lipinski definition) is 0. The molecule has 2 aromatic heterocycles. The number of halogens is 3. The largest absolute Gasteiger partial charge is 0.490 e. The van der Waals surface area contributed by atoms with E-state index in [2.05, 4.69) is 10.2 Å². The van der Waals surface area contributed by atoms with Crippen LogP contribution in [-0.2, 0) is 18.4 Å². The van der Waals surface area contributed by atoms with Gasteiger partial charge in [-0.2, -0.15) is 23.4 Å². The Balaban J connectivity index is 1.62. The molecule has 0 N–H and O–H groups in total. The molecule has 1 fully saturated rings. The van der Waals surface area contributed by atoms with Gasteiger partial charge in [-0.1, -0.05) is 0 Å². The molecule has 1 aromatic carbocycles. The van der Waals surface area contributed by atoms with Crippen molar-refractivity contribution < 1.29 is 22.7 Å². The average molecular weight is 420 g/mol. The molecule has 4 rings (SSSR count). The Morgan fingerprint density at radius 2 is 2.07 bits per heavy atom. The highest BCUT2D eigenvalue weighted by molar-refractivity contribution is 5.89. The van der Waals surface area contributed by atoms with E-state index in [0.29, 0.717) is 24.2 Å². The number of ketones is 1. The van der Waals surface area contributed by atoms with Gasteiger partial charge in [0.1, 0.15) is 11.5 Å². The SMILES string of the molecule is C[C@@H](Oc1cc(-c2cnn(CCC(F)(F)F)c2)cc2nn(C)cc12)[C@H]1CCC(=O)C1. The molecule has 9 heteroatoms. The highest BCUT2D eigenvalue weighted by Gasteiger charge is 2.29. The quantitative estimate of drug-likeness (QED) is 0.588. The normalized spacial score (nSPS) is 18.3. The van der Waals surface area contributed by atoms with E-state index in [1.54, 1.807) is 17.1 Å². The summed E-state index contributed by atoms with van der Waals surface area (Å²) in [6.07, 6.45) is 1.67. The minimum Gasteiger partial charge on any atom is -0.490 e. The Morgan fingerprint density at radius 3 is 2.77 bits per heavy atom. The van der Waals surface area contributed by atoms with Crippen LogP contribution in [0.4, 0.5) is 13.2 Å². The number of aromatic nitrogens is 4. The molecule has 0 radical (unpaired) electrons. The molecule has 2 atom stereocenters. The van der Waals surface area contributed by atoms with Crippen molar-refractivity contribution in [1.29, 1.82) is 0 Å². The van der Waals surface area contributed by atoms with Gasteiger partial charge in [-0.05, 0) is 31.0 Å². The van der Waals surface area contributed by atoms with Crippen LogP contribution < -0.4 is 4.74 Å². The zero-order chi connectivity index (χ0) is 21.5. The predicted molar refractivity (Wildman–Crippen MR) is 105 cm³/mol. The van der Waals surface area contributed by atoms with E-state index < -0.39 is 12.6 Å². The third-order valence-corrected chi connectivity index (χ3v) is 5.55. The van der Waals surface area contributed by atoms with E-state index in [4.69, 9.17) is 4.74 Å². The monoisotopic (exact) mass is 420 g/mol. The van der Waals surface area contributed by atoms with E-state index in [9.17, 15) is 18.0 Å². The van der Waals surface area contributed by atoms with E-state index in [0.717, 1.165) is 22.9 Å². The van der Waals surface area contributed by atoms with Crippen LogP contribution in [0, 0.1) is 5.92 Å². The lowest BCUT2D eigenvalue weighted by molar-refractivity contribution is -0.137. The summed E-state index contributed by atoms with van der Waals surface area (Å²) in [6, 6.07) is 3.74. The van der Waals surface area contributed by atoms with Crippen molar-refractivity contribution in [3.8, 4) is 16.9 Å². The summed E-state index contributed by atoms with van der Waals surface area (Å²) in [7, 11) is 1.82. The fourth-order valence-electron chi connectivity index (χ4n) is 3.89. The molecule has 30 heavy (non-hydrogen) atoms. The first kappa shape index (κ1) is 20.4. The number of nitrogens with zero attached hydrogens (tertiary/aromatic N) is 4. The van der Waals surface area contributed by atoms with Crippen LogP contribution in [-0.4, -0.2) is 37.6 Å². The average Bonchev–Trinajstić information content (AvgIpc) is 3.38. The second kappa shape index (κ2) is 7.77. The standard InChI is InChI=1S/C21H23F3N4O2/c1-13(14-3-4-17(29)7-14)30-20-9-15(8-19-18(20)12-27(2)26-19)16-10-25-28(11-16)6-5-21(22,23)24/h8-14H,3-7H2,1-2H3/t13-,14+/m1/s1. The number of rotatable bonds is 6. The highest BCUT2D eigenvalue weighted by Crippen LogP contribution is 2.35. The number of alkyl halides is 3. The lowest BCUT2D eigenvalue weighted by atomic mass is 10.0. The summed E-state index contributed by atoms with van der Waals surface area (Å²) >= 11 is 0. The van der Waals surface area contributed by atoms with Gasteiger partial charge < -0.3 is 4.74 Å². The van der Waals surface area contributed by atoms with Crippen molar-refractivity contribution in [1.82, 2.24) is 19.6 Å². The number of Topliss-reactive ketones (excluding diaryl/α,β-unsaturated/α-hetero) is 1. The number of benzene rings is 1. The van der Waals surface area contributed by atoms with Gasteiger partial charge in [0, 0.05) is 50.3 Å². The van der Waals surface area contributed by atoms with E-state index >= 15 is 0 Å². The molecule has 1 saturated carbocycles. The molecular weight excluding hydrogens is 397 g/mol. The van der Waals surface area contributed by atoms with Crippen LogP contribution in [0.1, 0.15) is 32.6 Å². The fraction of sp³-hybridized carbons (Fsp3) is 0.476. The maximum Gasteiger partial charge on any atom is 0.390 e. The van der Waals surface area contributed by atoms with E-state index in [-0.39, 0.29) is 24.3 Å². The Hall–Kier alpha value is -2.84. The topological polar surface area (TPSA) is 61.9 Å². The summed E-state index contributed by atoms with van der Waals surface area (Å²) < 4.78 is 46.7. The smallest absolute Gasteiger partial charge is 0.390 e. The lowest BCUT2D eigenvalue weighted by Crippen LogP contribution is -2.21. The Labute approximate surface area is 171 Å². The molecule has 0 aliphatic heterocycles. The van der Waals surface area contributed by atoms with Gasteiger partial charge in [0.2, 0.25) is 0 Å². The van der Waals surface area contributed by atoms with Crippen molar-refractivity contribution >= 4 is 16.7 Å². The van der Waals surface area contributed by atoms with Crippen LogP contribution in [0.3, 0.4) is 0 Å². The molecule has 6 nitrogen and oxygen atoms in total. The van der Waals surface area contributed by atoms with Gasteiger partial charge >= 0.3 is 6.18 Å². The van der Waals surface area contributed by atoms with Gasteiger partial charge in [-0.3, -0.25) is 14.2 Å². The van der Waals surface area contributed by atoms with Crippen LogP contribution in [0.5, 0.6) is 5.75 Å². The van der Waals surface area contributed by atoms with Crippen molar-refractivity contribution in [3.63, 3.8) is 0 Å². The molecule has 0 saturated heterocycles. The second-order valence-corrected chi connectivity index (χ2v) is 7.93. The van der Waals surface area contributed by atoms with Crippen molar-refractivity contribution in [2.45, 2.75) is 51.4 Å². The molecule has 3 aromatic rings. The first-order chi connectivity index (χ1) is 14.2. The van der Waals surface area contributed by atoms with Gasteiger partial charge in [0.25, 0.3) is 0 Å². The molecule has 0 bridgehead atoms. The number of hydrogen-bond acceptors (Lipinski definition) is 4. The number of carbonyl (C=O) groups excluding carboxylic acids is 1. The maximum atomic E-state index is 12.5. The predicted octanol–water partition coefficient (Wildman–Crippen LogP) is 4.53. The summed E-state index contributed by atoms with van der Waals surface area (Å²) in [5.41, 5.74) is 2.19. The third-order valence-electron chi connectivity index (χ3n) is 5.55. The summed E-state index contributed by atoms with van der Waals surface area (Å²) in [5, 5.41) is 9.36. The van der Waals surface area contributed by atoms with E-state index in [1.807, 2.05) is 32.3 Å². The van der Waals surface area contributed by atoms with Crippen LogP contribution in [0.25, 0.3) is 22.0 Å². The number of fused-ring (bicyclic) bond motifs is 1. The van der Waals surface area contributed by atoms with E-state index in [1.165, 1.54) is 4.68 Å². The zero-order valence-corrected chi connectivity index (χ0v) is 16.8. The number of aryl methyl sites for hydroxylation is 2. The Morgan fingerprint density at radius 1 is 1.27 bits per heavy atom. The fourth-order valence-corrected chi connectivity index (χ4v) is 3.89. The van der Waals surface area contributed by atoms with Crippen LogP contribution in [0.2, 0.25) is 0 Å². The zero-order valence-electron chi connectivity index (χ0n) is 16.8. The van der Waals surface area contributed by atoms with Crippen molar-refractivity contribution in [2.24, 2.45) is 13.0 Å². The number of ether oxygens (including phenoxy) is 1. The van der Waals surface area contributed by atoms with Crippen molar-refractivity contribution in [3.05, 3.63) is 30.7 Å². The van der Waals surface area contributed by atoms with Gasteiger partial charge in [-0.15, -0.1) is 0 Å². The molecule has 2 heterocycles. The third kappa shape index (κ3) is 4.49. The molecule has 1 aliphatic carbocycles. The van der Waals surface area contributed by atoms with Gasteiger partial charge in [0.05, 0.1) is 29.6 Å². The van der Waals surface area contributed by atoms with Crippen molar-refractivity contribution in [2.75, 3.05) is 0 Å². The lowest BCUT2D eigenvalue weighted by Gasteiger charge is -2.21. The van der Waals surface area contributed by atoms with Crippen LogP contribution in [0.15, 0.2) is 30.7 Å². The molecule has 0 spiro atoms.